The summed E-state index contributed by atoms with van der Waals surface area (Å²) in [5.41, 5.74) is 7.46. The number of piperazine rings is 1. The average Bonchev–Trinajstić information content (AvgIpc) is 2.97. The second-order valence-corrected chi connectivity index (χ2v) is 15.4. The molecule has 256 valence electrons. The van der Waals surface area contributed by atoms with Crippen molar-refractivity contribution >= 4 is 57.2 Å². The van der Waals surface area contributed by atoms with Crippen LogP contribution in [0.15, 0.2) is 40.8 Å². The summed E-state index contributed by atoms with van der Waals surface area (Å²) in [6, 6.07) is 8.15. The summed E-state index contributed by atoms with van der Waals surface area (Å²) in [7, 11) is -4.56. The van der Waals surface area contributed by atoms with E-state index in [0.29, 0.717) is 23.0 Å². The van der Waals surface area contributed by atoms with Gasteiger partial charge in [-0.15, -0.1) is 4.40 Å². The molecule has 2 atom stereocenters. The molecule has 2 aromatic carbocycles. The highest BCUT2D eigenvalue weighted by atomic mass is 35.5. The van der Waals surface area contributed by atoms with Gasteiger partial charge in [0.15, 0.2) is 11.7 Å². The first-order valence-electron chi connectivity index (χ1n) is 15.6. The molecule has 2 aliphatic rings. The predicted octanol–water partition coefficient (Wildman–Crippen LogP) is 6.84. The van der Waals surface area contributed by atoms with Crippen molar-refractivity contribution in [2.75, 3.05) is 23.1 Å². The zero-order valence-electron chi connectivity index (χ0n) is 28.2. The molecule has 3 aromatic rings. The van der Waals surface area contributed by atoms with Crippen molar-refractivity contribution < 1.29 is 27.1 Å². The Morgan fingerprint density at radius 1 is 1.15 bits per heavy atom. The summed E-state index contributed by atoms with van der Waals surface area (Å²) < 4.78 is 55.2. The van der Waals surface area contributed by atoms with Crippen molar-refractivity contribution in [1.82, 2.24) is 14.8 Å². The van der Waals surface area contributed by atoms with Gasteiger partial charge in [0.2, 0.25) is 0 Å². The average molecular weight is 699 g/mol. The van der Waals surface area contributed by atoms with E-state index in [4.69, 9.17) is 27.1 Å². The second kappa shape index (κ2) is 12.7. The number of pyridine rings is 1. The first kappa shape index (κ1) is 35.1. The minimum atomic E-state index is -4.56. The SMILES string of the molecule is Cc1cc(C=O)cc(C(C)C)c1N1c2nc(-c3c(N)cccc3F)c(Cl)cc2C(N2C[C@@H](C)N(C(=O)OC(C)(C)C)C[C@@H]2C)=NS1(=O)=O. The van der Waals surface area contributed by atoms with Crippen LogP contribution >= 0.6 is 11.6 Å². The maximum absolute atomic E-state index is 15.3. The summed E-state index contributed by atoms with van der Waals surface area (Å²) in [6.45, 7) is 15.0. The first-order chi connectivity index (χ1) is 22.3. The van der Waals surface area contributed by atoms with Gasteiger partial charge in [0.05, 0.1) is 27.5 Å². The van der Waals surface area contributed by atoms with E-state index in [0.717, 1.165) is 4.31 Å². The Morgan fingerprint density at radius 3 is 2.44 bits per heavy atom. The molecule has 5 rings (SSSR count). The van der Waals surface area contributed by atoms with Gasteiger partial charge in [-0.3, -0.25) is 4.79 Å². The van der Waals surface area contributed by atoms with Gasteiger partial charge in [0, 0.05) is 36.4 Å². The summed E-state index contributed by atoms with van der Waals surface area (Å²) in [4.78, 5) is 33.0. The van der Waals surface area contributed by atoms with Crippen LogP contribution in [0.1, 0.15) is 81.4 Å². The van der Waals surface area contributed by atoms with Crippen LogP contribution in [0.5, 0.6) is 0 Å². The Kier molecular flexibility index (Phi) is 9.26. The van der Waals surface area contributed by atoms with Gasteiger partial charge < -0.3 is 20.3 Å². The van der Waals surface area contributed by atoms with Gasteiger partial charge in [-0.25, -0.2) is 18.5 Å². The number of aldehydes is 1. The van der Waals surface area contributed by atoms with E-state index in [9.17, 15) is 18.0 Å². The number of ether oxygens (including phenoxy) is 1. The zero-order valence-corrected chi connectivity index (χ0v) is 29.8. The molecule has 14 heteroatoms. The number of hydrogen-bond donors (Lipinski definition) is 1. The van der Waals surface area contributed by atoms with Gasteiger partial charge in [-0.05, 0) is 88.9 Å². The van der Waals surface area contributed by atoms with Gasteiger partial charge in [0.1, 0.15) is 17.7 Å². The van der Waals surface area contributed by atoms with Gasteiger partial charge in [0.25, 0.3) is 0 Å². The third-order valence-electron chi connectivity index (χ3n) is 8.30. The number of carbonyl (C=O) groups is 2. The van der Waals surface area contributed by atoms with Crippen molar-refractivity contribution in [3.63, 3.8) is 0 Å². The number of nitrogens with zero attached hydrogens (tertiary/aromatic N) is 5. The fourth-order valence-electron chi connectivity index (χ4n) is 6.12. The Morgan fingerprint density at radius 2 is 1.83 bits per heavy atom. The number of hydrogen-bond acceptors (Lipinski definition) is 8. The standard InChI is InChI=1S/C34H40ClFN6O5S/c1-18(2)23-13-22(17-43)12-19(3)30(23)42-31-24(14-25(35)29(38-31)28-26(36)10-9-11-27(28)37)32(39-48(42,45)46)40-15-21(5)41(16-20(40)4)33(44)47-34(6,7)8/h9-14,17-18,20-21H,15-16,37H2,1-8H3/t20-,21+/m0/s1. The van der Waals surface area contributed by atoms with E-state index < -0.39 is 33.8 Å². The first-order valence-corrected chi connectivity index (χ1v) is 17.4. The molecule has 2 N–H and O–H groups in total. The van der Waals surface area contributed by atoms with Gasteiger partial charge in [-0.2, -0.15) is 8.42 Å². The van der Waals surface area contributed by atoms with Crippen molar-refractivity contribution in [3.05, 3.63) is 69.5 Å². The Balaban J connectivity index is 1.74. The van der Waals surface area contributed by atoms with E-state index in [1.807, 2.05) is 27.7 Å². The highest BCUT2D eigenvalue weighted by Crippen LogP contribution is 2.45. The number of halogens is 2. The van der Waals surface area contributed by atoms with E-state index in [-0.39, 0.29) is 69.9 Å². The third-order valence-corrected chi connectivity index (χ3v) is 9.81. The van der Waals surface area contributed by atoms with E-state index in [1.54, 1.807) is 49.6 Å². The van der Waals surface area contributed by atoms with E-state index in [1.165, 1.54) is 24.3 Å². The molecule has 0 saturated carbocycles. The molecule has 2 aliphatic heterocycles. The highest BCUT2D eigenvalue weighted by Gasteiger charge is 2.43. The van der Waals surface area contributed by atoms with Crippen molar-refractivity contribution in [2.24, 2.45) is 4.40 Å². The topological polar surface area (TPSA) is 138 Å². The number of anilines is 3. The number of aryl methyl sites for hydroxylation is 1. The summed E-state index contributed by atoms with van der Waals surface area (Å²) in [5, 5.41) is 0.0303. The number of fused-ring (bicyclic) bond motifs is 1. The van der Waals surface area contributed by atoms with Crippen molar-refractivity contribution in [1.29, 1.82) is 0 Å². The smallest absolute Gasteiger partial charge is 0.410 e. The van der Waals surface area contributed by atoms with Crippen LogP contribution in [-0.4, -0.2) is 72.2 Å². The molecule has 0 aliphatic carbocycles. The number of nitrogen functional groups attached to an aromatic ring is 1. The van der Waals surface area contributed by atoms with E-state index in [2.05, 4.69) is 4.40 Å². The van der Waals surface area contributed by atoms with Gasteiger partial charge in [-0.1, -0.05) is 31.5 Å². The number of rotatable bonds is 4. The number of carbonyl (C=O) groups excluding carboxylic acids is 2. The van der Waals surface area contributed by atoms with Crippen LogP contribution in [0, 0.1) is 12.7 Å². The Hall–Kier alpha value is -4.23. The van der Waals surface area contributed by atoms with Crippen LogP contribution in [0.2, 0.25) is 5.02 Å². The Bertz CT molecular complexity index is 1920. The third kappa shape index (κ3) is 6.45. The van der Waals surface area contributed by atoms with Crippen LogP contribution in [-0.2, 0) is 14.9 Å². The molecule has 48 heavy (non-hydrogen) atoms. The zero-order chi connectivity index (χ0) is 35.5. The van der Waals surface area contributed by atoms with Gasteiger partial charge >= 0.3 is 16.3 Å². The Labute approximate surface area is 285 Å². The lowest BCUT2D eigenvalue weighted by Crippen LogP contribution is -2.60. The molecule has 11 nitrogen and oxygen atoms in total. The molecule has 3 heterocycles. The lowest BCUT2D eigenvalue weighted by atomic mass is 9.95. The molecular formula is C34H40ClFN6O5S. The number of benzene rings is 2. The fraction of sp³-hybridized carbons (Fsp3) is 0.412. The van der Waals surface area contributed by atoms with Crippen LogP contribution in [0.25, 0.3) is 11.3 Å². The van der Waals surface area contributed by atoms with Crippen LogP contribution in [0.4, 0.5) is 26.4 Å². The quantitative estimate of drug-likeness (QED) is 0.231. The molecular weight excluding hydrogens is 659 g/mol. The summed E-state index contributed by atoms with van der Waals surface area (Å²) in [6.07, 6.45) is 0.229. The minimum Gasteiger partial charge on any atom is -0.444 e. The minimum absolute atomic E-state index is 0.0303. The largest absolute Gasteiger partial charge is 0.444 e. The molecule has 0 bridgehead atoms. The molecule has 1 aromatic heterocycles. The summed E-state index contributed by atoms with van der Waals surface area (Å²) in [5.74, 6) is -0.863. The highest BCUT2D eigenvalue weighted by molar-refractivity contribution is 7.92. The molecule has 1 fully saturated rings. The number of amides is 1. The fourth-order valence-corrected chi connectivity index (χ4v) is 7.71. The number of nitrogens with two attached hydrogens (primary N) is 1. The van der Waals surface area contributed by atoms with Crippen molar-refractivity contribution in [3.8, 4) is 11.3 Å². The lowest BCUT2D eigenvalue weighted by Gasteiger charge is -2.46. The monoisotopic (exact) mass is 698 g/mol. The number of aromatic nitrogens is 1. The predicted molar refractivity (Wildman–Crippen MR) is 186 cm³/mol. The maximum atomic E-state index is 15.3. The molecule has 0 radical (unpaired) electrons. The molecule has 1 amide bonds. The maximum Gasteiger partial charge on any atom is 0.410 e. The van der Waals surface area contributed by atoms with Crippen LogP contribution < -0.4 is 10.0 Å². The molecule has 0 spiro atoms. The summed E-state index contributed by atoms with van der Waals surface area (Å²) >= 11 is 6.82. The second-order valence-electron chi connectivity index (χ2n) is 13.6. The number of amidine groups is 1. The molecule has 1 saturated heterocycles. The van der Waals surface area contributed by atoms with Crippen molar-refractivity contribution in [2.45, 2.75) is 79.0 Å². The molecule has 0 unspecified atom stereocenters. The van der Waals surface area contributed by atoms with E-state index >= 15 is 4.39 Å². The van der Waals surface area contributed by atoms with Crippen LogP contribution in [0.3, 0.4) is 0 Å². The lowest BCUT2D eigenvalue weighted by molar-refractivity contribution is 0.000503. The normalized spacial score (nSPS) is 19.2.